The molecule has 0 aliphatic heterocycles. The van der Waals surface area contributed by atoms with Crippen molar-refractivity contribution in [3.63, 3.8) is 0 Å². The molecule has 1 aromatic carbocycles. The Balaban J connectivity index is 2.66. The van der Waals surface area contributed by atoms with Crippen molar-refractivity contribution >= 4 is 17.5 Å². The number of amides is 2. The highest BCUT2D eigenvalue weighted by Crippen LogP contribution is 2.17. The Labute approximate surface area is 126 Å². The molecule has 2 amide bonds. The van der Waals surface area contributed by atoms with Gasteiger partial charge in [0.25, 0.3) is 5.91 Å². The van der Waals surface area contributed by atoms with Crippen LogP contribution in [0.25, 0.3) is 0 Å². The summed E-state index contributed by atoms with van der Waals surface area (Å²) in [6.07, 6.45) is 1.86. The van der Waals surface area contributed by atoms with E-state index in [4.69, 9.17) is 0 Å². The fraction of sp³-hybridized carbons (Fsp3) is 0.500. The second-order valence-corrected chi connectivity index (χ2v) is 5.01. The summed E-state index contributed by atoms with van der Waals surface area (Å²) in [6.45, 7) is 7.47. The lowest BCUT2D eigenvalue weighted by Gasteiger charge is -2.12. The maximum Gasteiger partial charge on any atom is 0.253 e. The van der Waals surface area contributed by atoms with Crippen LogP contribution < -0.4 is 16.0 Å². The Hall–Kier alpha value is -2.04. The van der Waals surface area contributed by atoms with Gasteiger partial charge >= 0.3 is 0 Å². The lowest BCUT2D eigenvalue weighted by atomic mass is 10.1. The van der Waals surface area contributed by atoms with E-state index in [9.17, 15) is 9.59 Å². The predicted molar refractivity (Wildman–Crippen MR) is 85.6 cm³/mol. The van der Waals surface area contributed by atoms with Crippen molar-refractivity contribution in [2.24, 2.45) is 0 Å². The molecule has 0 heterocycles. The molecule has 0 fully saturated rings. The van der Waals surface area contributed by atoms with Gasteiger partial charge < -0.3 is 16.0 Å². The average Bonchev–Trinajstić information content (AvgIpc) is 2.48. The van der Waals surface area contributed by atoms with Crippen molar-refractivity contribution in [3.8, 4) is 0 Å². The van der Waals surface area contributed by atoms with E-state index in [0.29, 0.717) is 12.1 Å². The van der Waals surface area contributed by atoms with Crippen LogP contribution in [0.4, 0.5) is 5.69 Å². The molecule has 3 N–H and O–H groups in total. The predicted octanol–water partition coefficient (Wildman–Crippen LogP) is 2.07. The second kappa shape index (κ2) is 9.00. The summed E-state index contributed by atoms with van der Waals surface area (Å²) in [5.74, 6) is -0.402. The van der Waals surface area contributed by atoms with Gasteiger partial charge in [0.1, 0.15) is 0 Å². The number of nitrogens with one attached hydrogen (secondary N) is 3. The van der Waals surface area contributed by atoms with Crippen molar-refractivity contribution in [3.05, 3.63) is 29.3 Å². The Kier molecular flexibility index (Phi) is 7.29. The highest BCUT2D eigenvalue weighted by Gasteiger charge is 2.12. The van der Waals surface area contributed by atoms with Gasteiger partial charge in [-0.05, 0) is 37.5 Å². The first-order chi connectivity index (χ1) is 10.1. The summed E-state index contributed by atoms with van der Waals surface area (Å²) in [6, 6.07) is 5.62. The lowest BCUT2D eigenvalue weighted by molar-refractivity contribution is -0.120. The van der Waals surface area contributed by atoms with Crippen LogP contribution in [0.2, 0.25) is 0 Å². The summed E-state index contributed by atoms with van der Waals surface area (Å²) in [7, 11) is 0. The zero-order chi connectivity index (χ0) is 15.7. The summed E-state index contributed by atoms with van der Waals surface area (Å²) in [5, 5.41) is 8.63. The Morgan fingerprint density at radius 3 is 2.43 bits per heavy atom. The quantitative estimate of drug-likeness (QED) is 0.687. The molecule has 21 heavy (non-hydrogen) atoms. The number of carbonyl (C=O) groups is 2. The molecule has 0 saturated carbocycles. The number of carbonyl (C=O) groups excluding carboxylic acids is 2. The van der Waals surface area contributed by atoms with Gasteiger partial charge in [0.2, 0.25) is 5.91 Å². The molecule has 1 aromatic rings. The molecule has 0 aliphatic carbocycles. The van der Waals surface area contributed by atoms with Crippen LogP contribution in [0.3, 0.4) is 0 Å². The number of hydrogen-bond acceptors (Lipinski definition) is 3. The zero-order valence-corrected chi connectivity index (χ0v) is 13.1. The lowest BCUT2D eigenvalue weighted by Crippen LogP contribution is -2.37. The van der Waals surface area contributed by atoms with Crippen molar-refractivity contribution in [1.82, 2.24) is 10.6 Å². The maximum atomic E-state index is 12.2. The Bertz CT molecular complexity index is 486. The van der Waals surface area contributed by atoms with E-state index in [1.54, 1.807) is 6.07 Å². The first-order valence-corrected chi connectivity index (χ1v) is 7.47. The smallest absolute Gasteiger partial charge is 0.253 e. The Morgan fingerprint density at radius 2 is 1.76 bits per heavy atom. The Morgan fingerprint density at radius 1 is 1.05 bits per heavy atom. The van der Waals surface area contributed by atoms with Gasteiger partial charge in [-0.15, -0.1) is 0 Å². The molecule has 0 bridgehead atoms. The maximum absolute atomic E-state index is 12.2. The summed E-state index contributed by atoms with van der Waals surface area (Å²) >= 11 is 0. The summed E-state index contributed by atoms with van der Waals surface area (Å²) in [5.41, 5.74) is 2.46. The van der Waals surface area contributed by atoms with Gasteiger partial charge in [0, 0.05) is 18.8 Å². The van der Waals surface area contributed by atoms with Crippen LogP contribution >= 0.6 is 0 Å². The molecular formula is C16H25N3O2. The van der Waals surface area contributed by atoms with E-state index in [-0.39, 0.29) is 18.4 Å². The third kappa shape index (κ3) is 5.85. The molecule has 1 rings (SSSR count). The molecule has 0 aliphatic rings. The van der Waals surface area contributed by atoms with Crippen molar-refractivity contribution in [2.45, 2.75) is 33.6 Å². The summed E-state index contributed by atoms with van der Waals surface area (Å²) < 4.78 is 0. The van der Waals surface area contributed by atoms with E-state index in [1.807, 2.05) is 26.0 Å². The van der Waals surface area contributed by atoms with Crippen molar-refractivity contribution in [1.29, 1.82) is 0 Å². The summed E-state index contributed by atoms with van der Waals surface area (Å²) in [4.78, 5) is 23.7. The fourth-order valence-corrected chi connectivity index (χ4v) is 1.84. The molecule has 5 heteroatoms. The van der Waals surface area contributed by atoms with Crippen LogP contribution in [-0.4, -0.2) is 31.4 Å². The minimum atomic E-state index is -0.236. The molecule has 0 saturated heterocycles. The molecule has 0 radical (unpaired) electrons. The van der Waals surface area contributed by atoms with E-state index >= 15 is 0 Å². The van der Waals surface area contributed by atoms with Gasteiger partial charge in [-0.3, -0.25) is 9.59 Å². The zero-order valence-electron chi connectivity index (χ0n) is 13.1. The van der Waals surface area contributed by atoms with Gasteiger partial charge in [-0.25, -0.2) is 0 Å². The van der Waals surface area contributed by atoms with E-state index < -0.39 is 0 Å². The van der Waals surface area contributed by atoms with Crippen molar-refractivity contribution in [2.75, 3.05) is 25.0 Å². The monoisotopic (exact) mass is 291 g/mol. The minimum absolute atomic E-state index is 0.0000719. The van der Waals surface area contributed by atoms with Crippen LogP contribution in [0.5, 0.6) is 0 Å². The van der Waals surface area contributed by atoms with Crippen LogP contribution in [-0.2, 0) is 4.79 Å². The third-order valence-corrected chi connectivity index (χ3v) is 2.97. The largest absolute Gasteiger partial charge is 0.384 e. The van der Waals surface area contributed by atoms with Gasteiger partial charge in [0.15, 0.2) is 0 Å². The molecule has 0 spiro atoms. The number of anilines is 1. The van der Waals surface area contributed by atoms with E-state index in [2.05, 4.69) is 22.9 Å². The molecule has 116 valence electrons. The SMILES string of the molecule is CCCNC(=O)CNC(=O)c1ccc(C)cc1NCCC. The van der Waals surface area contributed by atoms with Gasteiger partial charge in [-0.2, -0.15) is 0 Å². The highest BCUT2D eigenvalue weighted by atomic mass is 16.2. The number of rotatable bonds is 8. The van der Waals surface area contributed by atoms with Crippen LogP contribution in [0.15, 0.2) is 18.2 Å². The van der Waals surface area contributed by atoms with Crippen molar-refractivity contribution < 1.29 is 9.59 Å². The van der Waals surface area contributed by atoms with E-state index in [1.165, 1.54) is 0 Å². The van der Waals surface area contributed by atoms with Crippen LogP contribution in [0, 0.1) is 6.92 Å². The molecule has 5 nitrogen and oxygen atoms in total. The fourth-order valence-electron chi connectivity index (χ4n) is 1.84. The number of benzene rings is 1. The number of aryl methyl sites for hydroxylation is 1. The topological polar surface area (TPSA) is 70.2 Å². The minimum Gasteiger partial charge on any atom is -0.384 e. The number of hydrogen-bond donors (Lipinski definition) is 3. The molecule has 0 aromatic heterocycles. The first kappa shape index (κ1) is 17.0. The molecule has 0 atom stereocenters. The third-order valence-electron chi connectivity index (χ3n) is 2.97. The second-order valence-electron chi connectivity index (χ2n) is 5.01. The van der Waals surface area contributed by atoms with Gasteiger partial charge in [-0.1, -0.05) is 19.9 Å². The van der Waals surface area contributed by atoms with E-state index in [0.717, 1.165) is 30.6 Å². The van der Waals surface area contributed by atoms with Gasteiger partial charge in [0.05, 0.1) is 12.1 Å². The standard InChI is InChI=1S/C16H25N3O2/c1-4-8-17-14-10-12(3)6-7-13(14)16(21)19-11-15(20)18-9-5-2/h6-7,10,17H,4-5,8-9,11H2,1-3H3,(H,18,20)(H,19,21). The highest BCUT2D eigenvalue weighted by molar-refractivity contribution is 6.01. The molecular weight excluding hydrogens is 266 g/mol. The average molecular weight is 291 g/mol. The first-order valence-electron chi connectivity index (χ1n) is 7.47. The molecule has 0 unspecified atom stereocenters. The van der Waals surface area contributed by atoms with Crippen LogP contribution in [0.1, 0.15) is 42.6 Å². The normalized spacial score (nSPS) is 10.0.